The average molecular weight is 361 g/mol. The van der Waals surface area contributed by atoms with Crippen LogP contribution in [0.1, 0.15) is 32.8 Å². The first-order valence-corrected chi connectivity index (χ1v) is 8.99. The number of thioether (sulfide) groups is 1. The van der Waals surface area contributed by atoms with Gasteiger partial charge in [-0.25, -0.2) is 0 Å². The van der Waals surface area contributed by atoms with Crippen molar-refractivity contribution >= 4 is 30.1 Å². The van der Waals surface area contributed by atoms with Crippen LogP contribution in [0.15, 0.2) is 24.3 Å². The van der Waals surface area contributed by atoms with Crippen LogP contribution in [0, 0.1) is 0 Å². The second kappa shape index (κ2) is 10.8. The van der Waals surface area contributed by atoms with Crippen LogP contribution < -0.4 is 15.8 Å². The van der Waals surface area contributed by atoms with E-state index in [0.29, 0.717) is 19.6 Å². The molecular formula is C17H29ClN2O2S. The molecule has 0 aliphatic heterocycles. The fourth-order valence-electron chi connectivity index (χ4n) is 1.90. The first kappa shape index (κ1) is 22.1. The number of carbonyl (C=O) groups excluding carboxylic acids is 1. The number of hydrogen-bond acceptors (Lipinski definition) is 4. The second-order valence-electron chi connectivity index (χ2n) is 6.31. The number of benzene rings is 1. The summed E-state index contributed by atoms with van der Waals surface area (Å²) in [6.07, 6.45) is 2.70. The first-order valence-electron chi connectivity index (χ1n) is 7.60. The Hall–Kier alpha value is -0.910. The topological polar surface area (TPSA) is 64.4 Å². The minimum atomic E-state index is -0.434. The molecule has 3 N–H and O–H groups in total. The Morgan fingerprint density at radius 3 is 2.70 bits per heavy atom. The lowest BCUT2D eigenvalue weighted by Gasteiger charge is -2.20. The average Bonchev–Trinajstić information content (AvgIpc) is 2.48. The van der Waals surface area contributed by atoms with Crippen molar-refractivity contribution in [3.8, 4) is 5.75 Å². The van der Waals surface area contributed by atoms with Gasteiger partial charge in [-0.1, -0.05) is 32.9 Å². The lowest BCUT2D eigenvalue weighted by Crippen LogP contribution is -2.42. The Labute approximate surface area is 150 Å². The molecule has 1 amide bonds. The van der Waals surface area contributed by atoms with Gasteiger partial charge in [0.15, 0.2) is 0 Å². The number of carbonyl (C=O) groups is 1. The van der Waals surface area contributed by atoms with Crippen molar-refractivity contribution in [2.75, 3.05) is 25.2 Å². The normalized spacial score (nSPS) is 12.2. The highest BCUT2D eigenvalue weighted by atomic mass is 35.5. The van der Waals surface area contributed by atoms with Gasteiger partial charge in [0.05, 0.1) is 12.6 Å². The highest BCUT2D eigenvalue weighted by Gasteiger charge is 2.14. The molecule has 0 aromatic heterocycles. The maximum absolute atomic E-state index is 11.7. The molecule has 6 heteroatoms. The summed E-state index contributed by atoms with van der Waals surface area (Å²) in [5, 5.41) is 2.81. The van der Waals surface area contributed by atoms with E-state index in [0.717, 1.165) is 11.5 Å². The van der Waals surface area contributed by atoms with Crippen molar-refractivity contribution in [3.63, 3.8) is 0 Å². The van der Waals surface area contributed by atoms with Gasteiger partial charge < -0.3 is 15.8 Å². The third kappa shape index (κ3) is 8.49. The monoisotopic (exact) mass is 360 g/mol. The molecule has 23 heavy (non-hydrogen) atoms. The van der Waals surface area contributed by atoms with Crippen LogP contribution in [-0.4, -0.2) is 37.1 Å². The Bertz CT molecular complexity index is 478. The summed E-state index contributed by atoms with van der Waals surface area (Å²) in [6, 6.07) is 7.64. The van der Waals surface area contributed by atoms with Crippen molar-refractivity contribution in [2.45, 2.75) is 38.6 Å². The van der Waals surface area contributed by atoms with Gasteiger partial charge in [-0.3, -0.25) is 4.79 Å². The van der Waals surface area contributed by atoms with Crippen LogP contribution in [0.3, 0.4) is 0 Å². The van der Waals surface area contributed by atoms with E-state index in [1.807, 2.05) is 24.5 Å². The zero-order chi connectivity index (χ0) is 16.6. The molecule has 0 saturated heterocycles. The summed E-state index contributed by atoms with van der Waals surface area (Å²) in [6.45, 7) is 7.41. The van der Waals surface area contributed by atoms with Crippen LogP contribution in [0.2, 0.25) is 0 Å². The molecule has 0 radical (unpaired) electrons. The smallest absolute Gasteiger partial charge is 0.237 e. The molecule has 0 bridgehead atoms. The summed E-state index contributed by atoms with van der Waals surface area (Å²) >= 11 is 1.69. The van der Waals surface area contributed by atoms with Gasteiger partial charge in [-0.2, -0.15) is 11.8 Å². The minimum Gasteiger partial charge on any atom is -0.492 e. The number of halogens is 1. The van der Waals surface area contributed by atoms with Gasteiger partial charge in [-0.15, -0.1) is 12.4 Å². The first-order chi connectivity index (χ1) is 10.3. The summed E-state index contributed by atoms with van der Waals surface area (Å²) < 4.78 is 5.69. The highest BCUT2D eigenvalue weighted by molar-refractivity contribution is 7.98. The standard InChI is InChI=1S/C17H28N2O2S.ClH/c1-17(2,3)13-6-5-7-14(12-13)21-10-9-19-16(20)15(18)8-11-22-4;/h5-7,12,15H,8-11,18H2,1-4H3,(H,19,20);1H/t15-;/m0./s1. The molecule has 1 atom stereocenters. The fourth-order valence-corrected chi connectivity index (χ4v) is 2.39. The van der Waals surface area contributed by atoms with Gasteiger partial charge in [0.1, 0.15) is 12.4 Å². The van der Waals surface area contributed by atoms with Crippen LogP contribution in [-0.2, 0) is 10.2 Å². The molecule has 0 heterocycles. The SMILES string of the molecule is CSCC[C@H](N)C(=O)NCCOc1cccc(C(C)(C)C)c1.Cl. The largest absolute Gasteiger partial charge is 0.492 e. The number of nitrogens with two attached hydrogens (primary N) is 1. The van der Waals surface area contributed by atoms with E-state index in [-0.39, 0.29) is 23.7 Å². The van der Waals surface area contributed by atoms with E-state index >= 15 is 0 Å². The van der Waals surface area contributed by atoms with Gasteiger partial charge in [0.2, 0.25) is 5.91 Å². The molecule has 0 saturated carbocycles. The molecule has 1 aromatic rings. The van der Waals surface area contributed by atoms with Crippen LogP contribution >= 0.6 is 24.2 Å². The van der Waals surface area contributed by atoms with Gasteiger partial charge >= 0.3 is 0 Å². The number of hydrogen-bond donors (Lipinski definition) is 2. The number of ether oxygens (including phenoxy) is 1. The quantitative estimate of drug-likeness (QED) is 0.699. The molecule has 0 aliphatic rings. The van der Waals surface area contributed by atoms with E-state index in [1.54, 1.807) is 11.8 Å². The van der Waals surface area contributed by atoms with Gasteiger partial charge in [0.25, 0.3) is 0 Å². The van der Waals surface area contributed by atoms with Crippen molar-refractivity contribution in [2.24, 2.45) is 5.73 Å². The van der Waals surface area contributed by atoms with E-state index in [9.17, 15) is 4.79 Å². The molecule has 1 rings (SSSR count). The lowest BCUT2D eigenvalue weighted by atomic mass is 9.87. The third-order valence-electron chi connectivity index (χ3n) is 3.34. The maximum atomic E-state index is 11.7. The molecule has 0 fully saturated rings. The van der Waals surface area contributed by atoms with Crippen LogP contribution in [0.25, 0.3) is 0 Å². The van der Waals surface area contributed by atoms with E-state index in [4.69, 9.17) is 10.5 Å². The zero-order valence-corrected chi connectivity index (χ0v) is 16.1. The summed E-state index contributed by atoms with van der Waals surface area (Å²) in [7, 11) is 0. The number of nitrogens with one attached hydrogen (secondary N) is 1. The molecule has 0 unspecified atom stereocenters. The molecule has 4 nitrogen and oxygen atoms in total. The van der Waals surface area contributed by atoms with Gasteiger partial charge in [0, 0.05) is 0 Å². The highest BCUT2D eigenvalue weighted by Crippen LogP contribution is 2.25. The van der Waals surface area contributed by atoms with Gasteiger partial charge in [-0.05, 0) is 41.5 Å². The Morgan fingerprint density at radius 1 is 1.39 bits per heavy atom. The molecule has 0 aliphatic carbocycles. The second-order valence-corrected chi connectivity index (χ2v) is 7.29. The van der Waals surface area contributed by atoms with Crippen molar-refractivity contribution < 1.29 is 9.53 Å². The van der Waals surface area contributed by atoms with Crippen molar-refractivity contribution in [1.82, 2.24) is 5.32 Å². The third-order valence-corrected chi connectivity index (χ3v) is 3.98. The Balaban J connectivity index is 0.00000484. The summed E-state index contributed by atoms with van der Waals surface area (Å²) in [4.78, 5) is 11.7. The Morgan fingerprint density at radius 2 is 2.09 bits per heavy atom. The molecule has 132 valence electrons. The predicted octanol–water partition coefficient (Wildman–Crippen LogP) is 2.98. The lowest BCUT2D eigenvalue weighted by molar-refractivity contribution is -0.122. The van der Waals surface area contributed by atoms with E-state index < -0.39 is 6.04 Å². The van der Waals surface area contributed by atoms with E-state index in [1.165, 1.54) is 5.56 Å². The number of rotatable bonds is 8. The van der Waals surface area contributed by atoms with Crippen molar-refractivity contribution in [3.05, 3.63) is 29.8 Å². The number of amides is 1. The van der Waals surface area contributed by atoms with E-state index in [2.05, 4.69) is 32.2 Å². The fraction of sp³-hybridized carbons (Fsp3) is 0.588. The van der Waals surface area contributed by atoms with Crippen LogP contribution in [0.5, 0.6) is 5.75 Å². The molecular weight excluding hydrogens is 332 g/mol. The summed E-state index contributed by atoms with van der Waals surface area (Å²) in [5.41, 5.74) is 7.12. The predicted molar refractivity (Wildman–Crippen MR) is 102 cm³/mol. The summed E-state index contributed by atoms with van der Waals surface area (Å²) in [5.74, 6) is 1.61. The minimum absolute atomic E-state index is 0. The van der Waals surface area contributed by atoms with Crippen molar-refractivity contribution in [1.29, 1.82) is 0 Å². The molecule has 0 spiro atoms. The molecule has 1 aromatic carbocycles. The zero-order valence-electron chi connectivity index (χ0n) is 14.4. The Kier molecular flexibility index (Phi) is 10.4. The van der Waals surface area contributed by atoms with Crippen LogP contribution in [0.4, 0.5) is 0 Å². The maximum Gasteiger partial charge on any atom is 0.237 e.